The fourth-order valence-electron chi connectivity index (χ4n) is 2.19. The van der Waals surface area contributed by atoms with E-state index in [4.69, 9.17) is 4.52 Å². The van der Waals surface area contributed by atoms with Gasteiger partial charge in [-0.05, 0) is 19.4 Å². The van der Waals surface area contributed by atoms with Crippen molar-refractivity contribution in [2.45, 2.75) is 56.5 Å². The fraction of sp³-hybridized carbons (Fsp3) is 0.846. The first-order valence-corrected chi connectivity index (χ1v) is 7.61. The van der Waals surface area contributed by atoms with Gasteiger partial charge in [-0.3, -0.25) is 0 Å². The van der Waals surface area contributed by atoms with E-state index in [0.717, 1.165) is 43.4 Å². The Morgan fingerprint density at radius 3 is 2.78 bits per heavy atom. The Kier molecular flexibility index (Phi) is 4.02. The van der Waals surface area contributed by atoms with E-state index in [1.54, 1.807) is 0 Å². The molecule has 0 amide bonds. The lowest BCUT2D eigenvalue weighted by Gasteiger charge is -2.20. The Balaban J connectivity index is 2.05. The van der Waals surface area contributed by atoms with Gasteiger partial charge in [0.1, 0.15) is 0 Å². The molecule has 1 unspecified atom stereocenters. The van der Waals surface area contributed by atoms with Crippen LogP contribution in [-0.2, 0) is 11.2 Å². The first kappa shape index (κ1) is 13.9. The van der Waals surface area contributed by atoms with Gasteiger partial charge in [0.2, 0.25) is 5.89 Å². The summed E-state index contributed by atoms with van der Waals surface area (Å²) in [5.41, 5.74) is 0.0671. The molecule has 1 N–H and O–H groups in total. The third-order valence-electron chi connectivity index (χ3n) is 3.48. The lowest BCUT2D eigenvalue weighted by Crippen LogP contribution is -2.28. The average Bonchev–Trinajstić information content (AvgIpc) is 2.95. The standard InChI is InChI=1S/C13H23N3OS/c1-5-13(6-7-14-9-13)11-15-10(16-17-11)8-18-12(2,3)4/h14H,5-9H2,1-4H3. The van der Waals surface area contributed by atoms with Gasteiger partial charge in [-0.1, -0.05) is 32.9 Å². The first-order chi connectivity index (χ1) is 8.45. The monoisotopic (exact) mass is 269 g/mol. The number of nitrogens with one attached hydrogen (secondary N) is 1. The Bertz CT molecular complexity index is 391. The van der Waals surface area contributed by atoms with Crippen LogP contribution in [0.25, 0.3) is 0 Å². The van der Waals surface area contributed by atoms with Crippen molar-refractivity contribution >= 4 is 11.8 Å². The molecular weight excluding hydrogens is 246 g/mol. The molecule has 102 valence electrons. The lowest BCUT2D eigenvalue weighted by molar-refractivity contribution is 0.284. The minimum atomic E-state index is 0.0671. The molecule has 0 saturated carbocycles. The maximum Gasteiger partial charge on any atom is 0.234 e. The molecule has 4 nitrogen and oxygen atoms in total. The maximum absolute atomic E-state index is 5.49. The van der Waals surface area contributed by atoms with Crippen molar-refractivity contribution in [1.29, 1.82) is 0 Å². The van der Waals surface area contributed by atoms with Gasteiger partial charge in [0, 0.05) is 11.3 Å². The summed E-state index contributed by atoms with van der Waals surface area (Å²) in [4.78, 5) is 4.60. The van der Waals surface area contributed by atoms with E-state index in [1.165, 1.54) is 0 Å². The van der Waals surface area contributed by atoms with Crippen molar-refractivity contribution < 1.29 is 4.52 Å². The first-order valence-electron chi connectivity index (χ1n) is 6.63. The summed E-state index contributed by atoms with van der Waals surface area (Å²) in [7, 11) is 0. The van der Waals surface area contributed by atoms with Gasteiger partial charge in [0.15, 0.2) is 5.82 Å². The molecule has 0 aliphatic carbocycles. The van der Waals surface area contributed by atoms with Crippen LogP contribution in [0.4, 0.5) is 0 Å². The molecule has 0 radical (unpaired) electrons. The maximum atomic E-state index is 5.49. The van der Waals surface area contributed by atoms with Crippen LogP contribution in [0, 0.1) is 0 Å². The van der Waals surface area contributed by atoms with Gasteiger partial charge in [0.25, 0.3) is 0 Å². The van der Waals surface area contributed by atoms with Crippen LogP contribution in [-0.4, -0.2) is 28.0 Å². The van der Waals surface area contributed by atoms with Crippen LogP contribution < -0.4 is 5.32 Å². The Morgan fingerprint density at radius 2 is 2.22 bits per heavy atom. The summed E-state index contributed by atoms with van der Waals surface area (Å²) in [6.45, 7) is 10.8. The highest BCUT2D eigenvalue weighted by molar-refractivity contribution is 7.99. The number of thioether (sulfide) groups is 1. The number of nitrogens with zero attached hydrogens (tertiary/aromatic N) is 2. The highest BCUT2D eigenvalue weighted by Gasteiger charge is 2.39. The van der Waals surface area contributed by atoms with Gasteiger partial charge in [-0.2, -0.15) is 4.98 Å². The zero-order valence-corrected chi connectivity index (χ0v) is 12.6. The summed E-state index contributed by atoms with van der Waals surface area (Å²) >= 11 is 1.85. The van der Waals surface area contributed by atoms with Crippen molar-refractivity contribution in [3.05, 3.63) is 11.7 Å². The molecule has 1 saturated heterocycles. The van der Waals surface area contributed by atoms with Crippen LogP contribution in [0.5, 0.6) is 0 Å². The van der Waals surface area contributed by atoms with Crippen molar-refractivity contribution in [1.82, 2.24) is 15.5 Å². The minimum absolute atomic E-state index is 0.0671. The molecule has 1 fully saturated rings. The van der Waals surface area contributed by atoms with Crippen LogP contribution in [0.15, 0.2) is 4.52 Å². The molecule has 2 heterocycles. The fourth-order valence-corrected chi connectivity index (χ4v) is 2.87. The Labute approximate surface area is 113 Å². The van der Waals surface area contributed by atoms with Crippen molar-refractivity contribution in [2.24, 2.45) is 0 Å². The molecule has 18 heavy (non-hydrogen) atoms. The number of hydrogen-bond donors (Lipinski definition) is 1. The molecule has 1 atom stereocenters. The van der Waals surface area contributed by atoms with Gasteiger partial charge in [-0.25, -0.2) is 0 Å². The smallest absolute Gasteiger partial charge is 0.234 e. The zero-order chi connectivity index (χ0) is 13.2. The number of aromatic nitrogens is 2. The van der Waals surface area contributed by atoms with E-state index >= 15 is 0 Å². The quantitative estimate of drug-likeness (QED) is 0.911. The number of rotatable bonds is 4. The zero-order valence-electron chi connectivity index (χ0n) is 11.7. The van der Waals surface area contributed by atoms with Gasteiger partial charge < -0.3 is 9.84 Å². The summed E-state index contributed by atoms with van der Waals surface area (Å²) in [6, 6.07) is 0. The highest BCUT2D eigenvalue weighted by Crippen LogP contribution is 2.33. The molecule has 1 aromatic rings. The van der Waals surface area contributed by atoms with Crippen LogP contribution in [0.1, 0.15) is 52.3 Å². The summed E-state index contributed by atoms with van der Waals surface area (Å²) < 4.78 is 5.73. The molecule has 0 aromatic carbocycles. The predicted molar refractivity (Wildman–Crippen MR) is 74.8 cm³/mol. The Morgan fingerprint density at radius 1 is 1.44 bits per heavy atom. The van der Waals surface area contributed by atoms with Crippen LogP contribution >= 0.6 is 11.8 Å². The second-order valence-corrected chi connectivity index (χ2v) is 7.78. The van der Waals surface area contributed by atoms with E-state index in [-0.39, 0.29) is 10.2 Å². The van der Waals surface area contributed by atoms with Crippen LogP contribution in [0.3, 0.4) is 0 Å². The van der Waals surface area contributed by atoms with Crippen LogP contribution in [0.2, 0.25) is 0 Å². The molecule has 2 rings (SSSR count). The summed E-state index contributed by atoms with van der Waals surface area (Å²) in [6.07, 6.45) is 2.14. The van der Waals surface area contributed by atoms with Gasteiger partial charge in [0.05, 0.1) is 11.2 Å². The second-order valence-electron chi connectivity index (χ2n) is 5.98. The molecule has 1 aliphatic rings. The molecule has 1 aliphatic heterocycles. The third-order valence-corrected chi connectivity index (χ3v) is 4.75. The predicted octanol–water partition coefficient (Wildman–Crippen LogP) is 2.74. The minimum Gasteiger partial charge on any atom is -0.339 e. The van der Waals surface area contributed by atoms with E-state index in [0.29, 0.717) is 0 Å². The largest absolute Gasteiger partial charge is 0.339 e. The van der Waals surface area contributed by atoms with Crippen molar-refractivity contribution in [2.75, 3.05) is 13.1 Å². The Hall–Kier alpha value is -0.550. The van der Waals surface area contributed by atoms with Crippen molar-refractivity contribution in [3.63, 3.8) is 0 Å². The highest BCUT2D eigenvalue weighted by atomic mass is 32.2. The van der Waals surface area contributed by atoms with Gasteiger partial charge >= 0.3 is 0 Å². The summed E-state index contributed by atoms with van der Waals surface area (Å²) in [5.74, 6) is 2.46. The van der Waals surface area contributed by atoms with E-state index < -0.39 is 0 Å². The molecule has 5 heteroatoms. The van der Waals surface area contributed by atoms with E-state index in [9.17, 15) is 0 Å². The lowest BCUT2D eigenvalue weighted by atomic mass is 9.84. The molecular formula is C13H23N3OS. The molecule has 0 spiro atoms. The summed E-state index contributed by atoms with van der Waals surface area (Å²) in [5, 5.41) is 7.52. The topological polar surface area (TPSA) is 51.0 Å². The SMILES string of the molecule is CCC1(c2nc(CSC(C)(C)C)no2)CCNC1. The third kappa shape index (κ3) is 3.06. The van der Waals surface area contributed by atoms with E-state index in [1.807, 2.05) is 11.8 Å². The normalized spacial score (nSPS) is 24.7. The van der Waals surface area contributed by atoms with Gasteiger partial charge in [-0.15, -0.1) is 11.8 Å². The van der Waals surface area contributed by atoms with E-state index in [2.05, 4.69) is 43.2 Å². The molecule has 1 aromatic heterocycles. The van der Waals surface area contributed by atoms with Crippen molar-refractivity contribution in [3.8, 4) is 0 Å². The number of hydrogen-bond acceptors (Lipinski definition) is 5. The second kappa shape index (κ2) is 5.21. The molecule has 0 bridgehead atoms. The average molecular weight is 269 g/mol.